The number of rotatable bonds is 30. The largest absolute Gasteiger partial charge is 0.379 e. The number of nitrogens with one attached hydrogen (secondary N) is 2. The van der Waals surface area contributed by atoms with Gasteiger partial charge in [0.1, 0.15) is 18.0 Å². The number of nitrogens with two attached hydrogens (primary N) is 2. The fourth-order valence-electron chi connectivity index (χ4n) is 9.42. The number of hydrogen-bond acceptors (Lipinski definition) is 14. The Balaban J connectivity index is 1.02. The summed E-state index contributed by atoms with van der Waals surface area (Å²) in [7, 11) is 3.49. The van der Waals surface area contributed by atoms with Crippen molar-refractivity contribution in [1.82, 2.24) is 53.4 Å². The number of ether oxygens (including phenoxy) is 5. The SMILES string of the molecule is CCn1nc(C)cc1C(=O)N=c1n(C)c2cc(C(N)=O)ccc2n1CCC(CCn1c(=NC(=O)c2cc(C)nn2CC)n(C)c2cc(C(N)=O)ccc21)OCC(=O)NCCOCCOCCOCCOCCC(=O)N1CCNCC1. The first-order chi connectivity index (χ1) is 38.6. The Labute approximate surface area is 462 Å². The number of aromatic nitrogens is 8. The molecule has 6 N–H and O–H groups in total. The highest BCUT2D eigenvalue weighted by Crippen LogP contribution is 2.20. The maximum absolute atomic E-state index is 13.9. The quantitative estimate of drug-likeness (QED) is 0.0456. The van der Waals surface area contributed by atoms with E-state index in [0.717, 1.165) is 26.2 Å². The summed E-state index contributed by atoms with van der Waals surface area (Å²) >= 11 is 0. The van der Waals surface area contributed by atoms with Crippen LogP contribution in [0.5, 0.6) is 0 Å². The summed E-state index contributed by atoms with van der Waals surface area (Å²) < 4.78 is 39.2. The molecule has 0 unspecified atom stereocenters. The molecule has 1 saturated heterocycles. The van der Waals surface area contributed by atoms with E-state index >= 15 is 0 Å². The van der Waals surface area contributed by atoms with Crippen molar-refractivity contribution < 1.29 is 52.5 Å². The van der Waals surface area contributed by atoms with Crippen LogP contribution in [0.3, 0.4) is 0 Å². The summed E-state index contributed by atoms with van der Waals surface area (Å²) in [4.78, 5) is 89.3. The first-order valence-electron chi connectivity index (χ1n) is 27.0. The van der Waals surface area contributed by atoms with Gasteiger partial charge in [0.15, 0.2) is 0 Å². The van der Waals surface area contributed by atoms with E-state index in [-0.39, 0.29) is 79.9 Å². The summed E-state index contributed by atoms with van der Waals surface area (Å²) in [5.74, 6) is -2.56. The van der Waals surface area contributed by atoms with Crippen LogP contribution >= 0.6 is 0 Å². The normalized spacial score (nSPS) is 13.7. The van der Waals surface area contributed by atoms with E-state index in [4.69, 9.17) is 35.2 Å². The van der Waals surface area contributed by atoms with E-state index in [1.807, 2.05) is 27.9 Å². The van der Waals surface area contributed by atoms with Crippen LogP contribution in [0.1, 0.15) is 86.2 Å². The zero-order chi connectivity index (χ0) is 57.3. The molecule has 7 rings (SSSR count). The van der Waals surface area contributed by atoms with Gasteiger partial charge in [-0.05, 0) is 89.1 Å². The van der Waals surface area contributed by atoms with E-state index in [0.29, 0.717) is 111 Å². The molecule has 0 radical (unpaired) electrons. The molecule has 26 nitrogen and oxygen atoms in total. The van der Waals surface area contributed by atoms with Gasteiger partial charge < -0.3 is 69.0 Å². The first kappa shape index (κ1) is 60.0. The second-order valence-electron chi connectivity index (χ2n) is 19.2. The number of nitrogens with zero attached hydrogens (tertiary/aromatic N) is 11. The molecular formula is C54H75N15O11. The van der Waals surface area contributed by atoms with Crippen LogP contribution in [-0.2, 0) is 73.5 Å². The molecule has 432 valence electrons. The second-order valence-corrected chi connectivity index (χ2v) is 19.2. The van der Waals surface area contributed by atoms with Crippen molar-refractivity contribution in [2.45, 2.75) is 79.2 Å². The van der Waals surface area contributed by atoms with Crippen molar-refractivity contribution in [2.75, 3.05) is 92.2 Å². The number of primary amides is 2. The number of fused-ring (bicyclic) bond motifs is 2. The number of hydrogen-bond donors (Lipinski definition) is 4. The lowest BCUT2D eigenvalue weighted by atomic mass is 10.1. The fraction of sp³-hybridized carbons (Fsp3) is 0.519. The van der Waals surface area contributed by atoms with Crippen molar-refractivity contribution >= 4 is 57.5 Å². The Morgan fingerprint density at radius 1 is 0.637 bits per heavy atom. The lowest BCUT2D eigenvalue weighted by Gasteiger charge is -2.27. The van der Waals surface area contributed by atoms with Crippen molar-refractivity contribution in [3.05, 3.63) is 93.7 Å². The smallest absolute Gasteiger partial charge is 0.298 e. The molecule has 26 heteroatoms. The molecule has 0 atom stereocenters. The Hall–Kier alpha value is -7.62. The second kappa shape index (κ2) is 29.0. The van der Waals surface area contributed by atoms with Crippen LogP contribution in [-0.4, -0.2) is 176 Å². The number of imidazole rings is 2. The first-order valence-corrected chi connectivity index (χ1v) is 27.0. The molecule has 6 aromatic rings. The highest BCUT2D eigenvalue weighted by atomic mass is 16.6. The van der Waals surface area contributed by atoms with Gasteiger partial charge in [-0.2, -0.15) is 20.2 Å². The predicted octanol–water partition coefficient (Wildman–Crippen LogP) is 0.873. The summed E-state index contributed by atoms with van der Waals surface area (Å²) in [6.45, 7) is 14.4. The maximum Gasteiger partial charge on any atom is 0.298 e. The number of aryl methyl sites for hydroxylation is 8. The molecule has 1 aliphatic rings. The zero-order valence-corrected chi connectivity index (χ0v) is 46.6. The van der Waals surface area contributed by atoms with E-state index < -0.39 is 29.7 Å². The molecule has 1 aliphatic heterocycles. The third-order valence-electron chi connectivity index (χ3n) is 13.6. The average Bonchev–Trinajstić information content (AvgIpc) is 4.18. The minimum Gasteiger partial charge on any atom is -0.379 e. The summed E-state index contributed by atoms with van der Waals surface area (Å²) in [6.07, 6.45) is 0.294. The predicted molar refractivity (Wildman–Crippen MR) is 293 cm³/mol. The lowest BCUT2D eigenvalue weighted by Crippen LogP contribution is -2.46. The number of amides is 6. The molecule has 6 amide bonds. The molecule has 80 heavy (non-hydrogen) atoms. The Bertz CT molecular complexity index is 3120. The van der Waals surface area contributed by atoms with E-state index in [1.54, 1.807) is 95.0 Å². The summed E-state index contributed by atoms with van der Waals surface area (Å²) in [5, 5.41) is 15.0. The van der Waals surface area contributed by atoms with Crippen molar-refractivity contribution in [1.29, 1.82) is 0 Å². The van der Waals surface area contributed by atoms with Gasteiger partial charge in [-0.25, -0.2) is 0 Å². The summed E-state index contributed by atoms with van der Waals surface area (Å²) in [5.41, 5.74) is 16.9. The number of benzene rings is 2. The van der Waals surface area contributed by atoms with Crippen molar-refractivity contribution in [3.63, 3.8) is 0 Å². The van der Waals surface area contributed by atoms with Crippen LogP contribution in [0.15, 0.2) is 58.5 Å². The molecule has 0 aliphatic carbocycles. The Morgan fingerprint density at radius 3 is 1.54 bits per heavy atom. The Morgan fingerprint density at radius 2 is 1.09 bits per heavy atom. The van der Waals surface area contributed by atoms with Crippen LogP contribution in [0, 0.1) is 13.8 Å². The maximum atomic E-state index is 13.9. The Kier molecular flexibility index (Phi) is 21.8. The average molecular weight is 1110 g/mol. The highest BCUT2D eigenvalue weighted by molar-refractivity contribution is 5.98. The standard InChI is InChI=1S/C54H75N15O11/c1-7-68-45(31-36(3)61-68)51(74)59-53-63(5)43-33-38(49(55)72)9-11-41(43)66(53)19-13-40(80-35-47(70)58-18-24-77-26-28-79-30-29-78-27-25-76-23-15-48(71)65-21-16-57-17-22-65)14-20-67-42-12-10-39(50(56)73)34-44(42)64(6)54(67)60-52(75)46-32-37(4)62-69(46)8-2/h9-12,31-34,40,57H,7-8,13-30,35H2,1-6H3,(H2,55,72)(H2,56,73)(H,58,70). The molecule has 0 spiro atoms. The van der Waals surface area contributed by atoms with Gasteiger partial charge in [-0.1, -0.05) is 0 Å². The zero-order valence-electron chi connectivity index (χ0n) is 46.6. The van der Waals surface area contributed by atoms with Crippen LogP contribution in [0.25, 0.3) is 22.1 Å². The molecule has 0 bridgehead atoms. The van der Waals surface area contributed by atoms with Gasteiger partial charge in [0, 0.05) is 84.1 Å². The van der Waals surface area contributed by atoms with Crippen molar-refractivity contribution in [2.24, 2.45) is 35.5 Å². The van der Waals surface area contributed by atoms with E-state index in [9.17, 15) is 28.8 Å². The van der Waals surface area contributed by atoms with Gasteiger partial charge in [-0.3, -0.25) is 38.1 Å². The number of carbonyl (C=O) groups excluding carboxylic acids is 6. The molecule has 0 saturated carbocycles. The monoisotopic (exact) mass is 1110 g/mol. The summed E-state index contributed by atoms with van der Waals surface area (Å²) in [6, 6.07) is 13.4. The van der Waals surface area contributed by atoms with Crippen LogP contribution < -0.4 is 33.3 Å². The van der Waals surface area contributed by atoms with Gasteiger partial charge in [0.2, 0.25) is 34.9 Å². The minimum absolute atomic E-state index is 0.102. The van der Waals surface area contributed by atoms with E-state index in [2.05, 4.69) is 30.8 Å². The number of piperazine rings is 1. The van der Waals surface area contributed by atoms with Gasteiger partial charge in [-0.15, -0.1) is 0 Å². The highest BCUT2D eigenvalue weighted by Gasteiger charge is 2.22. The molecule has 5 heterocycles. The fourth-order valence-corrected chi connectivity index (χ4v) is 9.42. The third-order valence-corrected chi connectivity index (χ3v) is 13.6. The van der Waals surface area contributed by atoms with Gasteiger partial charge >= 0.3 is 0 Å². The van der Waals surface area contributed by atoms with Crippen LogP contribution in [0.4, 0.5) is 0 Å². The molecule has 2 aromatic carbocycles. The van der Waals surface area contributed by atoms with Gasteiger partial charge in [0.05, 0.1) is 98.8 Å². The topological polar surface area (TPSA) is 308 Å². The van der Waals surface area contributed by atoms with E-state index in [1.165, 1.54) is 0 Å². The lowest BCUT2D eigenvalue weighted by molar-refractivity contribution is -0.133. The number of carbonyl (C=O) groups is 6. The van der Waals surface area contributed by atoms with Gasteiger partial charge in [0.25, 0.3) is 11.8 Å². The molecule has 4 aromatic heterocycles. The van der Waals surface area contributed by atoms with Crippen LogP contribution in [0.2, 0.25) is 0 Å². The molecule has 1 fully saturated rings. The van der Waals surface area contributed by atoms with Crippen molar-refractivity contribution in [3.8, 4) is 0 Å². The minimum atomic E-state index is -0.635. The third kappa shape index (κ3) is 15.6. The molecular weight excluding hydrogens is 1030 g/mol.